The Hall–Kier alpha value is -5.39. The van der Waals surface area contributed by atoms with Crippen molar-refractivity contribution in [2.24, 2.45) is 10.6 Å². The summed E-state index contributed by atoms with van der Waals surface area (Å²) in [5.41, 5.74) is 6.22. The lowest BCUT2D eigenvalue weighted by molar-refractivity contribution is -0.131. The number of nitrogen functional groups attached to an aromatic ring is 1. The highest BCUT2D eigenvalue weighted by atomic mass is 19.1. The number of nitrogens with zero attached hydrogens (tertiary/aromatic N) is 3. The maximum absolute atomic E-state index is 15.0. The average molecular weight is 559 g/mol. The third kappa shape index (κ3) is 6.44. The molecule has 12 heteroatoms. The van der Waals surface area contributed by atoms with Crippen molar-refractivity contribution in [3.05, 3.63) is 102 Å². The van der Waals surface area contributed by atoms with Crippen LogP contribution < -0.4 is 21.1 Å². The lowest BCUT2D eigenvalue weighted by Crippen LogP contribution is -2.35. The molecular formula is C29H24F2N6O4. The number of nitrogens with two attached hydrogens (primary N) is 1. The van der Waals surface area contributed by atoms with Gasteiger partial charge in [0.15, 0.2) is 11.6 Å². The van der Waals surface area contributed by atoms with Crippen LogP contribution in [0.3, 0.4) is 0 Å². The molecule has 0 spiro atoms. The van der Waals surface area contributed by atoms with E-state index in [1.807, 2.05) is 30.3 Å². The van der Waals surface area contributed by atoms with Gasteiger partial charge in [-0.15, -0.1) is 0 Å². The van der Waals surface area contributed by atoms with E-state index in [0.717, 1.165) is 18.0 Å². The second-order valence-electron chi connectivity index (χ2n) is 9.22. The van der Waals surface area contributed by atoms with Crippen molar-refractivity contribution in [2.45, 2.75) is 19.4 Å². The van der Waals surface area contributed by atoms with Gasteiger partial charge in [0.05, 0.1) is 6.21 Å². The molecule has 41 heavy (non-hydrogen) atoms. The number of oxime groups is 1. The van der Waals surface area contributed by atoms with Crippen LogP contribution in [0, 0.1) is 17.0 Å². The first-order valence-electron chi connectivity index (χ1n) is 12.5. The Balaban J connectivity index is 1.23. The molecule has 10 nitrogen and oxygen atoms in total. The molecule has 1 fully saturated rings. The van der Waals surface area contributed by atoms with Crippen molar-refractivity contribution in [3.63, 3.8) is 0 Å². The summed E-state index contributed by atoms with van der Waals surface area (Å²) in [6.45, 7) is 0.220. The first-order chi connectivity index (χ1) is 19.8. The molecule has 1 aliphatic carbocycles. The van der Waals surface area contributed by atoms with Gasteiger partial charge < -0.3 is 25.9 Å². The SMILES string of the molecule is Nc1ncnc(Oc2ccc(NC(=O)C3(C(=O)Nc4ccc(F)cc4)CC3)cc2F)c1/C=N/OCc1ccccc1. The molecule has 1 aromatic heterocycles. The van der Waals surface area contributed by atoms with Gasteiger partial charge in [0.2, 0.25) is 17.7 Å². The predicted octanol–water partition coefficient (Wildman–Crippen LogP) is 5.04. The third-order valence-electron chi connectivity index (χ3n) is 6.33. The summed E-state index contributed by atoms with van der Waals surface area (Å²) in [5.74, 6) is -2.57. The topological polar surface area (TPSA) is 141 Å². The number of anilines is 3. The zero-order valence-corrected chi connectivity index (χ0v) is 21.5. The molecule has 1 aliphatic rings. The Bertz CT molecular complexity index is 1600. The minimum absolute atomic E-state index is 0.0417. The van der Waals surface area contributed by atoms with Crippen molar-refractivity contribution in [1.29, 1.82) is 0 Å². The number of aromatic nitrogens is 2. The monoisotopic (exact) mass is 558 g/mol. The molecule has 0 radical (unpaired) electrons. The van der Waals surface area contributed by atoms with Crippen LogP contribution in [-0.2, 0) is 21.0 Å². The van der Waals surface area contributed by atoms with E-state index in [0.29, 0.717) is 18.5 Å². The minimum Gasteiger partial charge on any atom is -0.435 e. The van der Waals surface area contributed by atoms with Crippen molar-refractivity contribution >= 4 is 35.2 Å². The number of hydrogen-bond acceptors (Lipinski definition) is 8. The lowest BCUT2D eigenvalue weighted by Gasteiger charge is -2.16. The number of halogens is 2. The van der Waals surface area contributed by atoms with Crippen molar-refractivity contribution in [2.75, 3.05) is 16.4 Å². The lowest BCUT2D eigenvalue weighted by atomic mass is 10.0. The summed E-state index contributed by atoms with van der Waals surface area (Å²) >= 11 is 0. The van der Waals surface area contributed by atoms with E-state index in [-0.39, 0.29) is 35.3 Å². The molecule has 4 N–H and O–H groups in total. The van der Waals surface area contributed by atoms with Crippen molar-refractivity contribution < 1.29 is 27.9 Å². The van der Waals surface area contributed by atoms with Crippen molar-refractivity contribution in [1.82, 2.24) is 9.97 Å². The molecule has 0 unspecified atom stereocenters. The van der Waals surface area contributed by atoms with Crippen LogP contribution >= 0.6 is 0 Å². The Morgan fingerprint density at radius 2 is 1.63 bits per heavy atom. The van der Waals surface area contributed by atoms with Crippen LogP contribution in [0.5, 0.6) is 11.6 Å². The maximum atomic E-state index is 15.0. The third-order valence-corrected chi connectivity index (χ3v) is 6.33. The van der Waals surface area contributed by atoms with Gasteiger partial charge in [0, 0.05) is 17.4 Å². The Morgan fingerprint density at radius 3 is 2.32 bits per heavy atom. The van der Waals surface area contributed by atoms with Crippen LogP contribution in [0.4, 0.5) is 26.0 Å². The fourth-order valence-corrected chi connectivity index (χ4v) is 3.85. The molecule has 1 heterocycles. The molecule has 5 rings (SSSR count). The van der Waals surface area contributed by atoms with E-state index in [9.17, 15) is 18.4 Å². The molecule has 0 saturated heterocycles. The van der Waals surface area contributed by atoms with Gasteiger partial charge >= 0.3 is 0 Å². The van der Waals surface area contributed by atoms with Gasteiger partial charge in [-0.1, -0.05) is 35.5 Å². The predicted molar refractivity (Wildman–Crippen MR) is 147 cm³/mol. The average Bonchev–Trinajstić information content (AvgIpc) is 3.78. The molecule has 4 aromatic rings. The van der Waals surface area contributed by atoms with Gasteiger partial charge in [0.1, 0.15) is 35.5 Å². The number of rotatable bonds is 10. The van der Waals surface area contributed by atoms with Crippen LogP contribution in [0.25, 0.3) is 0 Å². The van der Waals surface area contributed by atoms with Gasteiger partial charge in [-0.25, -0.2) is 18.7 Å². The fourth-order valence-electron chi connectivity index (χ4n) is 3.85. The summed E-state index contributed by atoms with van der Waals surface area (Å²) < 4.78 is 33.8. The number of nitrogens with one attached hydrogen (secondary N) is 2. The van der Waals surface area contributed by atoms with E-state index >= 15 is 0 Å². The minimum atomic E-state index is -1.30. The van der Waals surface area contributed by atoms with E-state index in [1.165, 1.54) is 42.6 Å². The smallest absolute Gasteiger partial charge is 0.240 e. The summed E-state index contributed by atoms with van der Waals surface area (Å²) in [5, 5.41) is 9.09. The molecule has 3 aromatic carbocycles. The van der Waals surface area contributed by atoms with Crippen LogP contribution in [0.2, 0.25) is 0 Å². The molecule has 208 valence electrons. The van der Waals surface area contributed by atoms with Gasteiger partial charge in [-0.05, 0) is 54.8 Å². The highest BCUT2D eigenvalue weighted by Crippen LogP contribution is 2.47. The zero-order chi connectivity index (χ0) is 28.8. The summed E-state index contributed by atoms with van der Waals surface area (Å²) in [7, 11) is 0. The quantitative estimate of drug-likeness (QED) is 0.141. The fraction of sp³-hybridized carbons (Fsp3) is 0.138. The first kappa shape index (κ1) is 27.2. The van der Waals surface area contributed by atoms with Crippen LogP contribution in [-0.4, -0.2) is 28.0 Å². The largest absolute Gasteiger partial charge is 0.435 e. The standard InChI is InChI=1S/C29H24F2N6O4/c30-19-6-8-20(9-7-19)36-27(38)29(12-13-29)28(39)37-21-10-11-24(23(31)14-21)41-26-22(25(32)33-17-34-26)15-35-40-16-18-4-2-1-3-5-18/h1-11,14-15,17H,12-13,16H2,(H,36,38)(H,37,39)(H2,32,33,34)/b35-15+. The number of amides is 2. The Labute approximate surface area is 233 Å². The second-order valence-corrected chi connectivity index (χ2v) is 9.22. The highest BCUT2D eigenvalue weighted by Gasteiger charge is 2.56. The number of benzene rings is 3. The van der Waals surface area contributed by atoms with Crippen molar-refractivity contribution in [3.8, 4) is 11.6 Å². The van der Waals surface area contributed by atoms with Crippen LogP contribution in [0.15, 0.2) is 84.3 Å². The van der Waals surface area contributed by atoms with E-state index in [4.69, 9.17) is 15.3 Å². The number of ether oxygens (including phenoxy) is 1. The van der Waals surface area contributed by atoms with E-state index in [1.54, 1.807) is 0 Å². The molecule has 0 bridgehead atoms. The number of carbonyl (C=O) groups is 2. The molecule has 0 atom stereocenters. The summed E-state index contributed by atoms with van der Waals surface area (Å²) in [6, 6.07) is 18.4. The van der Waals surface area contributed by atoms with Crippen LogP contribution in [0.1, 0.15) is 24.0 Å². The summed E-state index contributed by atoms with van der Waals surface area (Å²) in [6.07, 6.45) is 3.08. The molecule has 2 amide bonds. The zero-order valence-electron chi connectivity index (χ0n) is 21.5. The summed E-state index contributed by atoms with van der Waals surface area (Å²) in [4.78, 5) is 38.9. The van der Waals surface area contributed by atoms with E-state index in [2.05, 4.69) is 25.8 Å². The maximum Gasteiger partial charge on any atom is 0.240 e. The molecule has 0 aliphatic heterocycles. The van der Waals surface area contributed by atoms with Gasteiger partial charge in [-0.2, -0.15) is 0 Å². The Morgan fingerprint density at radius 1 is 0.951 bits per heavy atom. The Kier molecular flexibility index (Phi) is 7.81. The first-order valence-corrected chi connectivity index (χ1v) is 12.5. The molecular weight excluding hydrogens is 534 g/mol. The number of carbonyl (C=O) groups excluding carboxylic acids is 2. The second kappa shape index (κ2) is 11.8. The van der Waals surface area contributed by atoms with Gasteiger partial charge in [0.25, 0.3) is 0 Å². The molecule has 1 saturated carbocycles. The van der Waals surface area contributed by atoms with Gasteiger partial charge in [-0.3, -0.25) is 9.59 Å². The number of hydrogen-bond donors (Lipinski definition) is 3. The normalized spacial score (nSPS) is 13.4. The van der Waals surface area contributed by atoms with E-state index < -0.39 is 28.9 Å². The highest BCUT2D eigenvalue weighted by molar-refractivity contribution is 6.16.